The third-order valence-corrected chi connectivity index (χ3v) is 6.91. The number of urea groups is 1. The number of hydrogen-bond donors (Lipinski definition) is 5. The third-order valence-electron chi connectivity index (χ3n) is 5.83. The number of carbonyl (C=O) groups excluding carboxylic acids is 5. The number of ether oxygens (including phenoxy) is 1. The molecule has 0 aromatic heterocycles. The van der Waals surface area contributed by atoms with Crippen molar-refractivity contribution in [2.45, 2.75) is 37.4 Å². The molecule has 2 rings (SSSR count). The first-order valence-corrected chi connectivity index (χ1v) is 14.8. The van der Waals surface area contributed by atoms with Crippen LogP contribution in [0.3, 0.4) is 0 Å². The van der Waals surface area contributed by atoms with Gasteiger partial charge in [0.15, 0.2) is 0 Å². The van der Waals surface area contributed by atoms with Crippen LogP contribution in [0.5, 0.6) is 5.75 Å². The molecule has 1 aromatic carbocycles. The lowest BCUT2D eigenvalue weighted by Gasteiger charge is -2.29. The summed E-state index contributed by atoms with van der Waals surface area (Å²) in [6, 6.07) is 3.55. The number of thioether (sulfide) groups is 2. The number of nitrogens with one attached hydrogen (secondary N) is 4. The van der Waals surface area contributed by atoms with Gasteiger partial charge in [-0.1, -0.05) is 6.07 Å². The number of methoxy groups -OCH3 is 1. The van der Waals surface area contributed by atoms with Gasteiger partial charge in [-0.2, -0.15) is 23.5 Å². The number of hydrogen-bond acceptors (Lipinski definition) is 8. The summed E-state index contributed by atoms with van der Waals surface area (Å²) in [7, 11) is 1.52. The van der Waals surface area contributed by atoms with E-state index in [0.29, 0.717) is 36.6 Å². The molecule has 6 N–H and O–H groups in total. The summed E-state index contributed by atoms with van der Waals surface area (Å²) < 4.78 is 5.17. The fraction of sp³-hybridized carbons (Fsp3) is 0.542. The molecule has 1 fully saturated rings. The van der Waals surface area contributed by atoms with E-state index in [9.17, 15) is 24.0 Å². The molecule has 3 atom stereocenters. The fourth-order valence-electron chi connectivity index (χ4n) is 4.05. The van der Waals surface area contributed by atoms with Crippen LogP contribution in [0, 0.1) is 0 Å². The summed E-state index contributed by atoms with van der Waals surface area (Å²) in [5.74, 6) is -0.614. The standard InChI is InChI=1S/C24H36N6O6S2/c1-36-16-7-4-6-15(12-16)27-24(35)29-17-9-11-30(20(32)14-38-3)21(17)23(34)28-18(22(25)33)8-5-10-26-19(31)13-37-2/h4,6-7,12,17-18,21H,5,8-11,13-14H2,1-3H3,(H2,25,33)(H,26,31)(H,28,34)(H2,27,29,35)/t17-,18-,21-/m0/s1. The van der Waals surface area contributed by atoms with Gasteiger partial charge in [0.05, 0.1) is 24.7 Å². The first-order valence-electron chi connectivity index (χ1n) is 12.1. The minimum absolute atomic E-state index is 0.118. The first-order chi connectivity index (χ1) is 18.2. The van der Waals surface area contributed by atoms with E-state index < -0.39 is 36.0 Å². The third kappa shape index (κ3) is 9.63. The van der Waals surface area contributed by atoms with E-state index in [4.69, 9.17) is 10.5 Å². The molecule has 1 saturated heterocycles. The number of likely N-dealkylation sites (tertiary alicyclic amines) is 1. The molecule has 0 spiro atoms. The van der Waals surface area contributed by atoms with Crippen LogP contribution in [-0.2, 0) is 19.2 Å². The van der Waals surface area contributed by atoms with Gasteiger partial charge in [-0.05, 0) is 43.9 Å². The minimum atomic E-state index is -1.02. The molecule has 12 nitrogen and oxygen atoms in total. The Balaban J connectivity index is 2.08. The number of primary amides is 1. The van der Waals surface area contributed by atoms with Crippen LogP contribution in [-0.4, -0.2) is 96.9 Å². The SMILES string of the molecule is COc1cccc(NC(=O)N[C@H]2CCN(C(=O)CSC)[C@@H]2C(=O)N[C@@H](CCCNC(=O)CSC)C(N)=O)c1. The van der Waals surface area contributed by atoms with E-state index in [1.54, 1.807) is 30.5 Å². The molecule has 0 bridgehead atoms. The maximum absolute atomic E-state index is 13.4. The molecule has 1 aliphatic heterocycles. The topological polar surface area (TPSA) is 172 Å². The molecule has 0 saturated carbocycles. The molecule has 1 heterocycles. The number of nitrogens with two attached hydrogens (primary N) is 1. The van der Waals surface area contributed by atoms with Crippen LogP contribution >= 0.6 is 23.5 Å². The summed E-state index contributed by atoms with van der Waals surface area (Å²) >= 11 is 2.72. The molecule has 0 unspecified atom stereocenters. The van der Waals surface area contributed by atoms with Crippen molar-refractivity contribution in [3.05, 3.63) is 24.3 Å². The average Bonchev–Trinajstić information content (AvgIpc) is 3.29. The number of carbonyl (C=O) groups is 5. The van der Waals surface area contributed by atoms with Gasteiger partial charge in [0.2, 0.25) is 23.6 Å². The molecule has 0 radical (unpaired) electrons. The number of nitrogens with zero attached hydrogens (tertiary/aromatic N) is 1. The lowest BCUT2D eigenvalue weighted by Crippen LogP contribution is -2.58. The highest BCUT2D eigenvalue weighted by Crippen LogP contribution is 2.21. The van der Waals surface area contributed by atoms with Gasteiger partial charge in [-0.15, -0.1) is 0 Å². The van der Waals surface area contributed by atoms with Crippen molar-refractivity contribution in [3.63, 3.8) is 0 Å². The zero-order chi connectivity index (χ0) is 28.1. The molecule has 1 aliphatic rings. The summed E-state index contributed by atoms with van der Waals surface area (Å²) in [5, 5.41) is 10.9. The number of amides is 6. The van der Waals surface area contributed by atoms with Gasteiger partial charge >= 0.3 is 6.03 Å². The highest BCUT2D eigenvalue weighted by atomic mass is 32.2. The Kier molecular flexibility index (Phi) is 13.1. The van der Waals surface area contributed by atoms with Crippen LogP contribution in [0.25, 0.3) is 0 Å². The highest BCUT2D eigenvalue weighted by Gasteiger charge is 2.43. The van der Waals surface area contributed by atoms with Crippen LogP contribution in [0.1, 0.15) is 19.3 Å². The Bertz CT molecular complexity index is 997. The largest absolute Gasteiger partial charge is 0.497 e. The predicted octanol–water partition coefficient (Wildman–Crippen LogP) is 0.379. The molecular formula is C24H36N6O6S2. The van der Waals surface area contributed by atoms with Gasteiger partial charge in [-0.25, -0.2) is 4.79 Å². The van der Waals surface area contributed by atoms with Gasteiger partial charge < -0.3 is 36.6 Å². The Morgan fingerprint density at radius 2 is 1.89 bits per heavy atom. The van der Waals surface area contributed by atoms with Crippen molar-refractivity contribution in [1.29, 1.82) is 0 Å². The van der Waals surface area contributed by atoms with E-state index in [0.717, 1.165) is 0 Å². The number of rotatable bonds is 14. The molecule has 210 valence electrons. The van der Waals surface area contributed by atoms with Gasteiger partial charge in [-0.3, -0.25) is 19.2 Å². The zero-order valence-electron chi connectivity index (χ0n) is 21.8. The normalized spacial score (nSPS) is 17.3. The van der Waals surface area contributed by atoms with Crippen molar-refractivity contribution in [2.75, 3.05) is 49.5 Å². The molecule has 1 aromatic rings. The molecule has 6 amide bonds. The van der Waals surface area contributed by atoms with Crippen molar-refractivity contribution in [2.24, 2.45) is 5.73 Å². The minimum Gasteiger partial charge on any atom is -0.497 e. The first kappa shape index (κ1) is 31.1. The lowest BCUT2D eigenvalue weighted by atomic mass is 10.1. The summed E-state index contributed by atoms with van der Waals surface area (Å²) in [6.45, 7) is 0.597. The summed E-state index contributed by atoms with van der Waals surface area (Å²) in [5.41, 5.74) is 6.02. The number of anilines is 1. The van der Waals surface area contributed by atoms with Crippen molar-refractivity contribution >= 4 is 58.9 Å². The predicted molar refractivity (Wildman–Crippen MR) is 149 cm³/mol. The second-order valence-corrected chi connectivity index (χ2v) is 10.3. The Labute approximate surface area is 230 Å². The van der Waals surface area contributed by atoms with Gasteiger partial charge in [0.25, 0.3) is 0 Å². The molecule has 0 aliphatic carbocycles. The smallest absolute Gasteiger partial charge is 0.319 e. The highest BCUT2D eigenvalue weighted by molar-refractivity contribution is 7.99. The van der Waals surface area contributed by atoms with Crippen LogP contribution in [0.4, 0.5) is 10.5 Å². The monoisotopic (exact) mass is 568 g/mol. The quantitative estimate of drug-likeness (QED) is 0.200. The Morgan fingerprint density at radius 1 is 1.16 bits per heavy atom. The van der Waals surface area contributed by atoms with Crippen LogP contribution in [0.15, 0.2) is 24.3 Å². The molecular weight excluding hydrogens is 532 g/mol. The van der Waals surface area contributed by atoms with Crippen molar-refractivity contribution < 1.29 is 28.7 Å². The van der Waals surface area contributed by atoms with E-state index in [1.165, 1.54) is 35.5 Å². The van der Waals surface area contributed by atoms with Crippen molar-refractivity contribution in [1.82, 2.24) is 20.9 Å². The van der Waals surface area contributed by atoms with Gasteiger partial charge in [0, 0.05) is 24.8 Å². The van der Waals surface area contributed by atoms with E-state index in [-0.39, 0.29) is 30.5 Å². The fourth-order valence-corrected chi connectivity index (χ4v) is 4.83. The second kappa shape index (κ2) is 16.0. The van der Waals surface area contributed by atoms with E-state index in [1.807, 2.05) is 6.26 Å². The van der Waals surface area contributed by atoms with Crippen LogP contribution < -0.4 is 31.7 Å². The Morgan fingerprint density at radius 3 is 2.55 bits per heavy atom. The van der Waals surface area contributed by atoms with Crippen molar-refractivity contribution in [3.8, 4) is 5.75 Å². The molecule has 38 heavy (non-hydrogen) atoms. The molecule has 14 heteroatoms. The summed E-state index contributed by atoms with van der Waals surface area (Å²) in [6.07, 6.45) is 4.58. The zero-order valence-corrected chi connectivity index (χ0v) is 23.4. The second-order valence-electron chi connectivity index (χ2n) is 8.58. The Hall–Kier alpha value is -3.13. The average molecular weight is 569 g/mol. The maximum Gasteiger partial charge on any atom is 0.319 e. The summed E-state index contributed by atoms with van der Waals surface area (Å²) in [4.78, 5) is 63.9. The van der Waals surface area contributed by atoms with E-state index >= 15 is 0 Å². The van der Waals surface area contributed by atoms with E-state index in [2.05, 4.69) is 21.3 Å². The lowest BCUT2D eigenvalue weighted by molar-refractivity contribution is -0.138. The van der Waals surface area contributed by atoms with Crippen LogP contribution in [0.2, 0.25) is 0 Å². The number of benzene rings is 1. The van der Waals surface area contributed by atoms with Gasteiger partial charge in [0.1, 0.15) is 17.8 Å². The maximum atomic E-state index is 13.4.